The van der Waals surface area contributed by atoms with Crippen molar-refractivity contribution < 1.29 is 9.94 Å². The Hall–Kier alpha value is -1.51. The van der Waals surface area contributed by atoms with Crippen LogP contribution in [-0.4, -0.2) is 17.0 Å². The number of hydrogen-bond donors (Lipinski definition) is 1. The molecule has 1 aromatic rings. The number of benzene rings is 1. The molecule has 15 heavy (non-hydrogen) atoms. The van der Waals surface area contributed by atoms with Crippen LogP contribution >= 0.6 is 0 Å². The maximum Gasteiger partial charge on any atom is 0.119 e. The highest BCUT2D eigenvalue weighted by Gasteiger charge is 2.02. The Bertz CT molecular complexity index is 330. The Kier molecular flexibility index (Phi) is 4.16. The molecule has 0 aliphatic rings. The Morgan fingerprint density at radius 2 is 2.00 bits per heavy atom. The van der Waals surface area contributed by atoms with Crippen LogP contribution in [0, 0.1) is 0 Å². The van der Waals surface area contributed by atoms with E-state index in [4.69, 9.17) is 9.94 Å². The van der Waals surface area contributed by atoms with Crippen molar-refractivity contribution in [3.05, 3.63) is 29.8 Å². The fourth-order valence-electron chi connectivity index (χ4n) is 1.15. The van der Waals surface area contributed by atoms with Crippen molar-refractivity contribution in [2.45, 2.75) is 33.3 Å². The summed E-state index contributed by atoms with van der Waals surface area (Å²) < 4.78 is 5.63. The lowest BCUT2D eigenvalue weighted by Crippen LogP contribution is -2.09. The Balaban J connectivity index is 2.72. The van der Waals surface area contributed by atoms with E-state index in [1.807, 2.05) is 31.2 Å². The van der Waals surface area contributed by atoms with Gasteiger partial charge in [0.15, 0.2) is 0 Å². The molecule has 0 aliphatic heterocycles. The molecule has 0 saturated heterocycles. The molecule has 3 nitrogen and oxygen atoms in total. The fraction of sp³-hybridized carbons (Fsp3) is 0.417. The van der Waals surface area contributed by atoms with Crippen LogP contribution in [0.3, 0.4) is 0 Å². The summed E-state index contributed by atoms with van der Waals surface area (Å²) in [5.41, 5.74) is 1.50. The van der Waals surface area contributed by atoms with Crippen LogP contribution in [0.25, 0.3) is 0 Å². The molecule has 1 aromatic carbocycles. The van der Waals surface area contributed by atoms with E-state index in [-0.39, 0.29) is 6.10 Å². The van der Waals surface area contributed by atoms with Gasteiger partial charge in [0.05, 0.1) is 11.8 Å². The van der Waals surface area contributed by atoms with Gasteiger partial charge in [0, 0.05) is 0 Å². The van der Waals surface area contributed by atoms with Crippen molar-refractivity contribution in [1.82, 2.24) is 0 Å². The number of nitrogens with zero attached hydrogens (tertiary/aromatic N) is 1. The minimum absolute atomic E-state index is 0.225. The third kappa shape index (κ3) is 3.27. The second-order valence-corrected chi connectivity index (χ2v) is 3.55. The fourth-order valence-corrected chi connectivity index (χ4v) is 1.15. The third-order valence-corrected chi connectivity index (χ3v) is 2.33. The van der Waals surface area contributed by atoms with Crippen molar-refractivity contribution in [3.8, 4) is 5.75 Å². The lowest BCUT2D eigenvalue weighted by molar-refractivity contribution is 0.217. The summed E-state index contributed by atoms with van der Waals surface area (Å²) in [6, 6.07) is 7.53. The molecule has 1 N–H and O–H groups in total. The molecule has 82 valence electrons. The van der Waals surface area contributed by atoms with Gasteiger partial charge in [-0.3, -0.25) is 0 Å². The van der Waals surface area contributed by atoms with Crippen LogP contribution in [0.5, 0.6) is 5.75 Å². The topological polar surface area (TPSA) is 41.8 Å². The van der Waals surface area contributed by atoms with Crippen molar-refractivity contribution in [2.75, 3.05) is 0 Å². The molecule has 3 heteroatoms. The highest BCUT2D eigenvalue weighted by Crippen LogP contribution is 2.15. The van der Waals surface area contributed by atoms with Crippen LogP contribution in [0.2, 0.25) is 0 Å². The van der Waals surface area contributed by atoms with Crippen LogP contribution in [0.4, 0.5) is 0 Å². The Morgan fingerprint density at radius 3 is 2.47 bits per heavy atom. The standard InChI is InChI=1S/C12H17NO2/c1-4-9(2)15-12-7-5-11(6-8-12)10(3)13-14/h5-9,14H,4H2,1-3H3/b13-10+. The Morgan fingerprint density at radius 1 is 1.40 bits per heavy atom. The molecule has 0 spiro atoms. The first-order valence-electron chi connectivity index (χ1n) is 5.13. The van der Waals surface area contributed by atoms with E-state index in [1.54, 1.807) is 6.92 Å². The van der Waals surface area contributed by atoms with Crippen LogP contribution in [0.1, 0.15) is 32.8 Å². The van der Waals surface area contributed by atoms with Gasteiger partial charge in [-0.2, -0.15) is 0 Å². The van der Waals surface area contributed by atoms with Gasteiger partial charge in [0.25, 0.3) is 0 Å². The molecule has 1 atom stereocenters. The molecular weight excluding hydrogens is 190 g/mol. The highest BCUT2D eigenvalue weighted by atomic mass is 16.5. The lowest BCUT2D eigenvalue weighted by atomic mass is 10.1. The molecule has 1 rings (SSSR count). The summed E-state index contributed by atoms with van der Waals surface area (Å²) in [5, 5.41) is 11.7. The van der Waals surface area contributed by atoms with Crippen LogP contribution in [-0.2, 0) is 0 Å². The zero-order valence-corrected chi connectivity index (χ0v) is 9.40. The minimum Gasteiger partial charge on any atom is -0.491 e. The van der Waals surface area contributed by atoms with E-state index in [2.05, 4.69) is 12.1 Å². The van der Waals surface area contributed by atoms with Crippen LogP contribution < -0.4 is 4.74 Å². The average molecular weight is 207 g/mol. The van der Waals surface area contributed by atoms with E-state index in [0.29, 0.717) is 5.71 Å². The summed E-state index contributed by atoms with van der Waals surface area (Å²) in [4.78, 5) is 0. The number of ether oxygens (including phenoxy) is 1. The largest absolute Gasteiger partial charge is 0.491 e. The smallest absolute Gasteiger partial charge is 0.119 e. The van der Waals surface area contributed by atoms with Gasteiger partial charge in [-0.05, 0) is 50.1 Å². The summed E-state index contributed by atoms with van der Waals surface area (Å²) in [6.07, 6.45) is 1.21. The zero-order valence-electron chi connectivity index (χ0n) is 9.40. The monoisotopic (exact) mass is 207 g/mol. The van der Waals surface area contributed by atoms with Gasteiger partial charge < -0.3 is 9.94 Å². The minimum atomic E-state index is 0.225. The predicted molar refractivity (Wildman–Crippen MR) is 60.8 cm³/mol. The number of rotatable bonds is 4. The van der Waals surface area contributed by atoms with Crippen LogP contribution in [0.15, 0.2) is 29.4 Å². The van der Waals surface area contributed by atoms with Crippen molar-refractivity contribution in [3.63, 3.8) is 0 Å². The molecule has 0 aromatic heterocycles. The van der Waals surface area contributed by atoms with E-state index in [1.165, 1.54) is 0 Å². The molecule has 1 unspecified atom stereocenters. The first kappa shape index (κ1) is 11.6. The first-order chi connectivity index (χ1) is 7.17. The second-order valence-electron chi connectivity index (χ2n) is 3.55. The molecule has 0 saturated carbocycles. The predicted octanol–water partition coefficient (Wildman–Crippen LogP) is 3.06. The molecule has 0 fully saturated rings. The van der Waals surface area contributed by atoms with E-state index >= 15 is 0 Å². The summed E-state index contributed by atoms with van der Waals surface area (Å²) in [6.45, 7) is 5.88. The van der Waals surface area contributed by atoms with Gasteiger partial charge in [-0.25, -0.2) is 0 Å². The summed E-state index contributed by atoms with van der Waals surface area (Å²) in [5.74, 6) is 0.846. The number of hydrogen-bond acceptors (Lipinski definition) is 3. The van der Waals surface area contributed by atoms with Gasteiger partial charge in [-0.1, -0.05) is 12.1 Å². The summed E-state index contributed by atoms with van der Waals surface area (Å²) in [7, 11) is 0. The van der Waals surface area contributed by atoms with E-state index in [0.717, 1.165) is 17.7 Å². The first-order valence-corrected chi connectivity index (χ1v) is 5.13. The second kappa shape index (κ2) is 5.39. The maximum absolute atomic E-state index is 8.60. The molecule has 0 radical (unpaired) electrons. The molecule has 0 amide bonds. The van der Waals surface area contributed by atoms with Gasteiger partial charge in [0.2, 0.25) is 0 Å². The Labute approximate surface area is 90.4 Å². The van der Waals surface area contributed by atoms with Crippen molar-refractivity contribution >= 4 is 5.71 Å². The highest BCUT2D eigenvalue weighted by molar-refractivity contribution is 5.98. The van der Waals surface area contributed by atoms with Crippen molar-refractivity contribution in [1.29, 1.82) is 0 Å². The van der Waals surface area contributed by atoms with Gasteiger partial charge in [-0.15, -0.1) is 0 Å². The molecular formula is C12H17NO2. The quantitative estimate of drug-likeness (QED) is 0.468. The average Bonchev–Trinajstić information content (AvgIpc) is 2.29. The van der Waals surface area contributed by atoms with E-state index in [9.17, 15) is 0 Å². The third-order valence-electron chi connectivity index (χ3n) is 2.33. The van der Waals surface area contributed by atoms with Gasteiger partial charge in [0.1, 0.15) is 5.75 Å². The SMILES string of the molecule is CCC(C)Oc1ccc(/C(C)=N/O)cc1. The molecule has 0 aliphatic carbocycles. The molecule has 0 bridgehead atoms. The van der Waals surface area contributed by atoms with E-state index < -0.39 is 0 Å². The van der Waals surface area contributed by atoms with Crippen molar-refractivity contribution in [2.24, 2.45) is 5.16 Å². The zero-order chi connectivity index (χ0) is 11.3. The summed E-state index contributed by atoms with van der Waals surface area (Å²) >= 11 is 0. The van der Waals surface area contributed by atoms with Gasteiger partial charge >= 0.3 is 0 Å². The molecule has 0 heterocycles. The maximum atomic E-state index is 8.60. The number of oxime groups is 1. The normalized spacial score (nSPS) is 13.7. The lowest BCUT2D eigenvalue weighted by Gasteiger charge is -2.12.